The first kappa shape index (κ1) is 14.9. The van der Waals surface area contributed by atoms with E-state index in [-0.39, 0.29) is 7.92 Å². The van der Waals surface area contributed by atoms with E-state index in [0.29, 0.717) is 0 Å². The monoisotopic (exact) mass is 320 g/mol. The van der Waals surface area contributed by atoms with E-state index < -0.39 is 0 Å². The van der Waals surface area contributed by atoms with E-state index in [1.54, 1.807) is 25.7 Å². The van der Waals surface area contributed by atoms with Crippen LogP contribution in [-0.4, -0.2) is 17.5 Å². The summed E-state index contributed by atoms with van der Waals surface area (Å²) in [5.41, 5.74) is 2.18. The van der Waals surface area contributed by atoms with Crippen molar-refractivity contribution >= 4 is 16.5 Å². The molecule has 0 radical (unpaired) electrons. The Balaban J connectivity index is 1.62. The molecule has 2 atom stereocenters. The van der Waals surface area contributed by atoms with Crippen LogP contribution in [0.3, 0.4) is 0 Å². The molecule has 0 aromatic carbocycles. The lowest BCUT2D eigenvalue weighted by Gasteiger charge is -2.39. The highest BCUT2D eigenvalue weighted by molar-refractivity contribution is 7.64. The summed E-state index contributed by atoms with van der Waals surface area (Å²) in [4.78, 5) is 0. The maximum atomic E-state index is 2.63. The zero-order valence-electron chi connectivity index (χ0n) is 13.3. The third kappa shape index (κ3) is 3.05. The Hall–Kier alpha value is 0.340. The lowest BCUT2D eigenvalue weighted by Crippen LogP contribution is -2.21. The molecule has 0 N–H and O–H groups in total. The maximum absolute atomic E-state index is 2.63. The van der Waals surface area contributed by atoms with Crippen LogP contribution in [0.4, 0.5) is 0 Å². The number of fused-ring (bicyclic) bond motifs is 1. The molecule has 3 fully saturated rings. The Morgan fingerprint density at radius 3 is 2.05 bits per heavy atom. The predicted octanol–water partition coefficient (Wildman–Crippen LogP) is 6.61. The van der Waals surface area contributed by atoms with Crippen LogP contribution in [0.15, 0.2) is 22.8 Å². The van der Waals surface area contributed by atoms with Crippen molar-refractivity contribution in [1.82, 2.24) is 0 Å². The van der Waals surface area contributed by atoms with Gasteiger partial charge >= 0.3 is 0 Å². The third-order valence-electron chi connectivity index (χ3n) is 6.12. The minimum atomic E-state index is 0.170. The second-order valence-corrected chi connectivity index (χ2v) is 11.6. The molecule has 0 aromatic heterocycles. The van der Waals surface area contributed by atoms with Gasteiger partial charge in [-0.15, -0.1) is 0 Å². The molecule has 0 nitrogen and oxygen atoms in total. The Labute approximate surface area is 133 Å². The van der Waals surface area contributed by atoms with E-state index in [1.165, 1.54) is 59.7 Å². The minimum absolute atomic E-state index is 0.170. The highest BCUT2D eigenvalue weighted by Gasteiger charge is 2.37. The zero-order valence-corrected chi connectivity index (χ0v) is 15.2. The van der Waals surface area contributed by atoms with Crippen molar-refractivity contribution in [3.63, 3.8) is 0 Å². The minimum Gasteiger partial charge on any atom is -0.0935 e. The lowest BCUT2D eigenvalue weighted by atomic mass is 9.99. The quantitative estimate of drug-likeness (QED) is 0.513. The molecule has 2 saturated carbocycles. The number of rotatable bonds is 3. The largest absolute Gasteiger partial charge is 0.0935 e. The molecule has 0 amide bonds. The van der Waals surface area contributed by atoms with Crippen molar-refractivity contribution in [2.24, 2.45) is 5.92 Å². The normalized spacial score (nSPS) is 32.5. The zero-order chi connectivity index (χ0) is 14.1. The van der Waals surface area contributed by atoms with Crippen LogP contribution >= 0.6 is 16.5 Å². The summed E-state index contributed by atoms with van der Waals surface area (Å²) in [5, 5.41) is 3.88. The number of hydrogen-bond donors (Lipinski definition) is 0. The molecule has 1 saturated heterocycles. The third-order valence-corrected chi connectivity index (χ3v) is 11.4. The molecule has 21 heavy (non-hydrogen) atoms. The lowest BCUT2D eigenvalue weighted by molar-refractivity contribution is 0.486. The first-order valence-electron chi connectivity index (χ1n) is 9.38. The van der Waals surface area contributed by atoms with Gasteiger partial charge in [0.1, 0.15) is 0 Å². The molecule has 0 bridgehead atoms. The van der Waals surface area contributed by atoms with E-state index in [1.807, 2.05) is 10.6 Å². The van der Waals surface area contributed by atoms with Gasteiger partial charge in [-0.25, -0.2) is 0 Å². The van der Waals surface area contributed by atoms with Crippen LogP contribution in [0.25, 0.3) is 0 Å². The molecule has 0 spiro atoms. The second kappa shape index (κ2) is 6.84. The van der Waals surface area contributed by atoms with E-state index in [0.717, 1.165) is 17.2 Å². The van der Waals surface area contributed by atoms with Crippen LogP contribution in [-0.2, 0) is 0 Å². The van der Waals surface area contributed by atoms with Crippen molar-refractivity contribution in [3.8, 4) is 0 Å². The highest BCUT2D eigenvalue weighted by Crippen LogP contribution is 2.66. The van der Waals surface area contributed by atoms with Crippen molar-refractivity contribution in [1.29, 1.82) is 0 Å². The number of allylic oxidation sites excluding steroid dienone is 4. The number of hydrogen-bond acceptors (Lipinski definition) is 0. The van der Waals surface area contributed by atoms with Gasteiger partial charge in [0.05, 0.1) is 0 Å². The summed E-state index contributed by atoms with van der Waals surface area (Å²) in [5.74, 6) is 0.885. The Morgan fingerprint density at radius 2 is 1.43 bits per heavy atom. The van der Waals surface area contributed by atoms with Gasteiger partial charge in [0.25, 0.3) is 0 Å². The molecule has 4 aliphatic rings. The van der Waals surface area contributed by atoms with E-state index in [4.69, 9.17) is 0 Å². The average molecular weight is 320 g/mol. The Morgan fingerprint density at radius 1 is 0.810 bits per heavy atom. The summed E-state index contributed by atoms with van der Waals surface area (Å²) >= 11 is 0. The standard InChI is InChI=1S/C19H30P2/c1-3-7-16(8-4-1)21(17-9-5-2-6-10-17)18-12-11-15-13-14-20-19(15)18/h11-12,15-17,20H,1-10,13-14H2. The highest BCUT2D eigenvalue weighted by atomic mass is 31.1. The summed E-state index contributed by atoms with van der Waals surface area (Å²) < 4.78 is 0. The van der Waals surface area contributed by atoms with Gasteiger partial charge in [0, 0.05) is 5.92 Å². The van der Waals surface area contributed by atoms with E-state index in [2.05, 4.69) is 12.2 Å². The van der Waals surface area contributed by atoms with Gasteiger partial charge in [-0.2, -0.15) is 0 Å². The van der Waals surface area contributed by atoms with Crippen LogP contribution in [0.1, 0.15) is 70.6 Å². The smallest absolute Gasteiger partial charge is 0.00328 e. The predicted molar refractivity (Wildman–Crippen MR) is 98.1 cm³/mol. The fourth-order valence-corrected chi connectivity index (χ4v) is 11.1. The fourth-order valence-electron chi connectivity index (χ4n) is 5.04. The molecule has 2 unspecified atom stereocenters. The SMILES string of the molecule is C1=CC2CCPC2=C1P(C1CCCCC1)C1CCCCC1. The topological polar surface area (TPSA) is 0 Å². The van der Waals surface area contributed by atoms with Gasteiger partial charge in [0.2, 0.25) is 0 Å². The molecule has 2 heteroatoms. The molecular formula is C19H30P2. The Bertz CT molecular complexity index is 407. The Kier molecular flexibility index (Phi) is 4.86. The van der Waals surface area contributed by atoms with Gasteiger partial charge in [-0.1, -0.05) is 67.2 Å². The first-order chi connectivity index (χ1) is 10.4. The van der Waals surface area contributed by atoms with Crippen molar-refractivity contribution in [3.05, 3.63) is 22.8 Å². The fraction of sp³-hybridized carbons (Fsp3) is 0.789. The molecular weight excluding hydrogens is 290 g/mol. The molecule has 3 aliphatic carbocycles. The van der Waals surface area contributed by atoms with Crippen molar-refractivity contribution < 1.29 is 0 Å². The molecule has 116 valence electrons. The molecule has 1 heterocycles. The summed E-state index contributed by atoms with van der Waals surface area (Å²) in [6.45, 7) is 0. The van der Waals surface area contributed by atoms with Crippen LogP contribution in [0.2, 0.25) is 0 Å². The van der Waals surface area contributed by atoms with Crippen LogP contribution < -0.4 is 0 Å². The summed E-state index contributed by atoms with van der Waals surface area (Å²) in [6.07, 6.45) is 23.5. The second-order valence-electron chi connectivity index (χ2n) is 7.47. The van der Waals surface area contributed by atoms with Gasteiger partial charge in [-0.3, -0.25) is 0 Å². The van der Waals surface area contributed by atoms with Crippen LogP contribution in [0.5, 0.6) is 0 Å². The van der Waals surface area contributed by atoms with Gasteiger partial charge < -0.3 is 0 Å². The summed E-state index contributed by atoms with van der Waals surface area (Å²) in [6, 6.07) is 0. The van der Waals surface area contributed by atoms with E-state index >= 15 is 0 Å². The van der Waals surface area contributed by atoms with Gasteiger partial charge in [0.15, 0.2) is 0 Å². The molecule has 0 aromatic rings. The first-order valence-corrected chi connectivity index (χ1v) is 12.1. The average Bonchev–Trinajstić information content (AvgIpc) is 3.15. The molecule has 1 aliphatic heterocycles. The van der Waals surface area contributed by atoms with Crippen molar-refractivity contribution in [2.45, 2.75) is 81.9 Å². The van der Waals surface area contributed by atoms with Gasteiger partial charge in [-0.05, 0) is 60.2 Å². The van der Waals surface area contributed by atoms with E-state index in [9.17, 15) is 0 Å². The maximum Gasteiger partial charge on any atom is 0.00328 e. The van der Waals surface area contributed by atoms with Crippen molar-refractivity contribution in [2.75, 3.05) is 6.16 Å². The molecule has 4 rings (SSSR count). The van der Waals surface area contributed by atoms with Crippen LogP contribution in [0, 0.1) is 5.92 Å². The summed E-state index contributed by atoms with van der Waals surface area (Å²) in [7, 11) is 1.35.